The number of fused-ring (bicyclic) bond motifs is 1. The van der Waals surface area contributed by atoms with Crippen LogP contribution in [0.3, 0.4) is 0 Å². The molecule has 2 heterocycles. The van der Waals surface area contributed by atoms with Crippen molar-refractivity contribution in [3.8, 4) is 0 Å². The van der Waals surface area contributed by atoms with Crippen molar-refractivity contribution < 1.29 is 4.79 Å². The minimum Gasteiger partial charge on any atom is -0.337 e. The number of carbonyl (C=O) groups is 1. The fourth-order valence-corrected chi connectivity index (χ4v) is 3.01. The van der Waals surface area contributed by atoms with Gasteiger partial charge in [-0.1, -0.05) is 23.7 Å². The van der Waals surface area contributed by atoms with Crippen LogP contribution in [0, 0.1) is 5.92 Å². The normalized spacial score (nSPS) is 18.4. The maximum atomic E-state index is 12.5. The molecule has 1 aromatic heterocycles. The molecule has 1 aliphatic rings. The summed E-state index contributed by atoms with van der Waals surface area (Å²) in [5.74, 6) is 0.546. The van der Waals surface area contributed by atoms with E-state index in [2.05, 4.69) is 10.3 Å². The lowest BCUT2D eigenvalue weighted by molar-refractivity contribution is 0.0782. The smallest absolute Gasteiger partial charge is 0.272 e. The van der Waals surface area contributed by atoms with Crippen LogP contribution in [0.5, 0.6) is 0 Å². The molecule has 2 aromatic rings. The fraction of sp³-hybridized carbons (Fsp3) is 0.375. The molecule has 1 saturated heterocycles. The van der Waals surface area contributed by atoms with Crippen molar-refractivity contribution in [2.45, 2.75) is 6.42 Å². The number of benzene rings is 1. The number of rotatable bonds is 3. The van der Waals surface area contributed by atoms with Gasteiger partial charge >= 0.3 is 0 Å². The highest BCUT2D eigenvalue weighted by Gasteiger charge is 2.27. The molecule has 1 amide bonds. The maximum Gasteiger partial charge on any atom is 0.272 e. The zero-order chi connectivity index (χ0) is 14.8. The Bertz CT molecular complexity index is 674. The molecule has 0 aliphatic carbocycles. The third-order valence-electron chi connectivity index (χ3n) is 3.94. The zero-order valence-corrected chi connectivity index (χ0v) is 12.7. The molecule has 0 bridgehead atoms. The molecule has 21 heavy (non-hydrogen) atoms. The first-order chi connectivity index (χ1) is 10.2. The molecule has 1 fully saturated rings. The molecule has 0 unspecified atom stereocenters. The van der Waals surface area contributed by atoms with Gasteiger partial charge < -0.3 is 10.2 Å². The highest BCUT2D eigenvalue weighted by Crippen LogP contribution is 2.21. The SMILES string of the molecule is CNC[C@H]1CCN(C(=O)c2ccc3ccc(Cl)cc3n2)C1. The second kappa shape index (κ2) is 6.00. The van der Waals surface area contributed by atoms with Crippen molar-refractivity contribution in [2.75, 3.05) is 26.7 Å². The van der Waals surface area contributed by atoms with Crippen molar-refractivity contribution in [3.05, 3.63) is 41.0 Å². The standard InChI is InChI=1S/C16H18ClN3O/c1-18-9-11-6-7-20(10-11)16(21)14-5-3-12-2-4-13(17)8-15(12)19-14/h2-5,8,11,18H,6-7,9-10H2,1H3/t11-/m1/s1. The van der Waals surface area contributed by atoms with Crippen LogP contribution in [0.4, 0.5) is 0 Å². The topological polar surface area (TPSA) is 45.2 Å². The van der Waals surface area contributed by atoms with Crippen LogP contribution in [0.2, 0.25) is 5.02 Å². The van der Waals surface area contributed by atoms with E-state index in [4.69, 9.17) is 11.6 Å². The summed E-state index contributed by atoms with van der Waals surface area (Å²) in [4.78, 5) is 18.9. The number of halogens is 1. The zero-order valence-electron chi connectivity index (χ0n) is 12.0. The summed E-state index contributed by atoms with van der Waals surface area (Å²) in [7, 11) is 1.94. The Morgan fingerprint density at radius 2 is 2.24 bits per heavy atom. The highest BCUT2D eigenvalue weighted by molar-refractivity contribution is 6.31. The maximum absolute atomic E-state index is 12.5. The van der Waals surface area contributed by atoms with Gasteiger partial charge in [-0.25, -0.2) is 4.98 Å². The molecule has 0 spiro atoms. The van der Waals surface area contributed by atoms with E-state index >= 15 is 0 Å². The van der Waals surface area contributed by atoms with Crippen LogP contribution in [-0.2, 0) is 0 Å². The first-order valence-electron chi connectivity index (χ1n) is 7.17. The molecule has 1 atom stereocenters. The third-order valence-corrected chi connectivity index (χ3v) is 4.17. The molecule has 5 heteroatoms. The Hall–Kier alpha value is -1.65. The Balaban J connectivity index is 1.81. The number of likely N-dealkylation sites (tertiary alicyclic amines) is 1. The molecule has 0 radical (unpaired) electrons. The molecular weight excluding hydrogens is 286 g/mol. The van der Waals surface area contributed by atoms with Crippen molar-refractivity contribution in [3.63, 3.8) is 0 Å². The lowest BCUT2D eigenvalue weighted by Crippen LogP contribution is -2.30. The largest absolute Gasteiger partial charge is 0.337 e. The summed E-state index contributed by atoms with van der Waals surface area (Å²) in [5, 5.41) is 4.80. The van der Waals surface area contributed by atoms with Gasteiger partial charge in [0.1, 0.15) is 5.69 Å². The van der Waals surface area contributed by atoms with Crippen LogP contribution < -0.4 is 5.32 Å². The van der Waals surface area contributed by atoms with E-state index < -0.39 is 0 Å². The van der Waals surface area contributed by atoms with Gasteiger partial charge in [0.15, 0.2) is 0 Å². The van der Waals surface area contributed by atoms with Gasteiger partial charge in [0, 0.05) is 23.5 Å². The number of nitrogens with one attached hydrogen (secondary N) is 1. The number of hydrogen-bond acceptors (Lipinski definition) is 3. The molecule has 1 aromatic carbocycles. The Morgan fingerprint density at radius 3 is 3.05 bits per heavy atom. The van der Waals surface area contributed by atoms with E-state index in [-0.39, 0.29) is 5.91 Å². The van der Waals surface area contributed by atoms with Crippen molar-refractivity contribution in [1.82, 2.24) is 15.2 Å². The van der Waals surface area contributed by atoms with Crippen LogP contribution >= 0.6 is 11.6 Å². The van der Waals surface area contributed by atoms with Gasteiger partial charge in [0.2, 0.25) is 0 Å². The van der Waals surface area contributed by atoms with Crippen molar-refractivity contribution in [2.24, 2.45) is 5.92 Å². The Kier molecular flexibility index (Phi) is 4.08. The van der Waals surface area contributed by atoms with E-state index in [1.165, 1.54) is 0 Å². The van der Waals surface area contributed by atoms with Gasteiger partial charge in [-0.2, -0.15) is 0 Å². The molecule has 4 nitrogen and oxygen atoms in total. The predicted molar refractivity (Wildman–Crippen MR) is 84.7 cm³/mol. The number of nitrogens with zero attached hydrogens (tertiary/aromatic N) is 2. The minimum absolute atomic E-state index is 0.00970. The predicted octanol–water partition coefficient (Wildman–Crippen LogP) is 2.57. The first-order valence-corrected chi connectivity index (χ1v) is 7.55. The van der Waals surface area contributed by atoms with Crippen LogP contribution in [0.25, 0.3) is 10.9 Å². The summed E-state index contributed by atoms with van der Waals surface area (Å²) in [5.41, 5.74) is 1.26. The Morgan fingerprint density at radius 1 is 1.43 bits per heavy atom. The molecule has 110 valence electrons. The van der Waals surface area contributed by atoms with Gasteiger partial charge in [0.05, 0.1) is 5.52 Å². The van der Waals surface area contributed by atoms with Crippen molar-refractivity contribution >= 4 is 28.4 Å². The fourth-order valence-electron chi connectivity index (χ4n) is 2.84. The lowest BCUT2D eigenvalue weighted by atomic mass is 10.1. The second-order valence-electron chi connectivity index (χ2n) is 5.50. The van der Waals surface area contributed by atoms with E-state index in [0.717, 1.165) is 37.0 Å². The number of carbonyl (C=O) groups excluding carboxylic acids is 1. The molecule has 1 aliphatic heterocycles. The summed E-state index contributed by atoms with van der Waals surface area (Å²) in [6.45, 7) is 2.56. The van der Waals surface area contributed by atoms with Gasteiger partial charge in [0.25, 0.3) is 5.91 Å². The van der Waals surface area contributed by atoms with E-state index in [1.54, 1.807) is 12.1 Å². The van der Waals surface area contributed by atoms with Crippen LogP contribution in [0.15, 0.2) is 30.3 Å². The van der Waals surface area contributed by atoms with Gasteiger partial charge in [-0.15, -0.1) is 0 Å². The molecule has 3 rings (SSSR count). The molecule has 1 N–H and O–H groups in total. The average molecular weight is 304 g/mol. The van der Waals surface area contributed by atoms with Crippen LogP contribution in [-0.4, -0.2) is 42.5 Å². The lowest BCUT2D eigenvalue weighted by Gasteiger charge is -2.16. The average Bonchev–Trinajstić information content (AvgIpc) is 2.94. The molecular formula is C16H18ClN3O. The summed E-state index contributed by atoms with van der Waals surface area (Å²) >= 11 is 5.99. The summed E-state index contributed by atoms with van der Waals surface area (Å²) < 4.78 is 0. The third kappa shape index (κ3) is 3.01. The highest BCUT2D eigenvalue weighted by atomic mass is 35.5. The van der Waals surface area contributed by atoms with Gasteiger partial charge in [-0.3, -0.25) is 4.79 Å². The first kappa shape index (κ1) is 14.3. The number of hydrogen-bond donors (Lipinski definition) is 1. The number of aromatic nitrogens is 1. The van der Waals surface area contributed by atoms with Crippen molar-refractivity contribution in [1.29, 1.82) is 0 Å². The van der Waals surface area contributed by atoms with E-state index in [0.29, 0.717) is 16.6 Å². The van der Waals surface area contributed by atoms with E-state index in [1.807, 2.05) is 30.1 Å². The summed E-state index contributed by atoms with van der Waals surface area (Å²) in [6, 6.07) is 9.26. The minimum atomic E-state index is 0.00970. The number of pyridine rings is 1. The summed E-state index contributed by atoms with van der Waals surface area (Å²) in [6.07, 6.45) is 1.05. The quantitative estimate of drug-likeness (QED) is 0.948. The number of amides is 1. The Labute approximate surface area is 129 Å². The van der Waals surface area contributed by atoms with Crippen LogP contribution in [0.1, 0.15) is 16.9 Å². The monoisotopic (exact) mass is 303 g/mol. The van der Waals surface area contributed by atoms with E-state index in [9.17, 15) is 4.79 Å². The second-order valence-corrected chi connectivity index (χ2v) is 5.93. The van der Waals surface area contributed by atoms with Gasteiger partial charge in [-0.05, 0) is 44.1 Å². The molecule has 0 saturated carbocycles.